The lowest BCUT2D eigenvalue weighted by Crippen LogP contribution is -2.33. The van der Waals surface area contributed by atoms with Crippen LogP contribution in [-0.4, -0.2) is 30.4 Å². The number of amidine groups is 1. The lowest BCUT2D eigenvalue weighted by Gasteiger charge is -2.19. The van der Waals surface area contributed by atoms with E-state index in [0.29, 0.717) is 6.61 Å². The maximum Gasteiger partial charge on any atom is 0.354 e. The first-order valence-electron chi connectivity index (χ1n) is 5.91. The van der Waals surface area contributed by atoms with Gasteiger partial charge in [-0.3, -0.25) is 5.43 Å². The van der Waals surface area contributed by atoms with Crippen molar-refractivity contribution in [3.63, 3.8) is 0 Å². The Morgan fingerprint density at radius 2 is 2.00 bits per heavy atom. The van der Waals surface area contributed by atoms with Crippen molar-refractivity contribution < 1.29 is 4.52 Å². The van der Waals surface area contributed by atoms with Crippen LogP contribution in [0.15, 0.2) is 35.1 Å². The van der Waals surface area contributed by atoms with Crippen LogP contribution in [0.1, 0.15) is 19.4 Å². The Labute approximate surface area is 103 Å². The maximum absolute atomic E-state index is 5.89. The monoisotopic (exact) mass is 252 g/mol. The first-order valence-corrected chi connectivity index (χ1v) is 7.70. The van der Waals surface area contributed by atoms with Crippen LogP contribution in [0, 0.1) is 0 Å². The summed E-state index contributed by atoms with van der Waals surface area (Å²) in [6.45, 7) is 4.83. The fourth-order valence-electron chi connectivity index (χ4n) is 1.89. The normalized spacial score (nSPS) is 24.5. The average molecular weight is 252 g/mol. The van der Waals surface area contributed by atoms with Gasteiger partial charge in [-0.2, -0.15) is 4.52 Å². The molecule has 5 heteroatoms. The van der Waals surface area contributed by atoms with E-state index in [2.05, 4.69) is 24.5 Å². The predicted octanol–water partition coefficient (Wildman–Crippen LogP) is 2.70. The molecule has 1 N–H and O–H groups in total. The Bertz CT molecular complexity index is 409. The number of hydrogen-bond acceptors (Lipinski definition) is 4. The second kappa shape index (κ2) is 5.13. The van der Waals surface area contributed by atoms with E-state index in [9.17, 15) is 0 Å². The quantitative estimate of drug-likeness (QED) is 0.837. The molecule has 0 fully saturated rings. The molecule has 0 aliphatic carbocycles. The number of rotatable bonds is 4. The molecule has 1 unspecified atom stereocenters. The summed E-state index contributed by atoms with van der Waals surface area (Å²) < 4.78 is 12.7. The Kier molecular flexibility index (Phi) is 3.77. The molecule has 0 radical (unpaired) electrons. The van der Waals surface area contributed by atoms with E-state index in [1.165, 1.54) is 0 Å². The fraction of sp³-hybridized carbons (Fsp3) is 0.417. The molecule has 1 aliphatic rings. The lowest BCUT2D eigenvalue weighted by atomic mass is 10.2. The van der Waals surface area contributed by atoms with Crippen LogP contribution < -0.4 is 5.43 Å². The van der Waals surface area contributed by atoms with Crippen molar-refractivity contribution in [2.75, 3.05) is 19.8 Å². The van der Waals surface area contributed by atoms with E-state index in [1.807, 2.05) is 36.9 Å². The molecule has 1 aromatic carbocycles. The molecule has 0 aromatic heterocycles. The van der Waals surface area contributed by atoms with E-state index in [-0.39, 0.29) is 0 Å². The van der Waals surface area contributed by atoms with Crippen molar-refractivity contribution >= 4 is 13.6 Å². The molecule has 2 rings (SSSR count). The van der Waals surface area contributed by atoms with Gasteiger partial charge in [0.2, 0.25) is 0 Å². The van der Waals surface area contributed by atoms with Crippen LogP contribution in [-0.2, 0) is 4.52 Å². The Morgan fingerprint density at radius 3 is 2.59 bits per heavy atom. The van der Waals surface area contributed by atoms with Crippen LogP contribution >= 0.6 is 7.79 Å². The predicted molar refractivity (Wildman–Crippen MR) is 73.0 cm³/mol. The highest BCUT2D eigenvalue weighted by Gasteiger charge is 2.50. The van der Waals surface area contributed by atoms with E-state index in [1.54, 1.807) is 0 Å². The van der Waals surface area contributed by atoms with Crippen molar-refractivity contribution in [1.82, 2.24) is 10.2 Å². The number of nitrogens with one attached hydrogen (secondary N) is 1. The Morgan fingerprint density at radius 1 is 1.29 bits per heavy atom. The highest BCUT2D eigenvalue weighted by molar-refractivity contribution is 7.68. The first-order chi connectivity index (χ1) is 8.22. The topological polar surface area (TPSA) is 36.9 Å². The Balaban J connectivity index is 2.30. The zero-order valence-electron chi connectivity index (χ0n) is 10.6. The number of nitrogens with zero attached hydrogens (tertiary/aromatic N) is 2. The van der Waals surface area contributed by atoms with Gasteiger partial charge in [0, 0.05) is 12.6 Å². The maximum atomic E-state index is 5.89. The van der Waals surface area contributed by atoms with Gasteiger partial charge in [-0.15, -0.1) is 0 Å². The van der Waals surface area contributed by atoms with Crippen molar-refractivity contribution in [3.8, 4) is 0 Å². The molecule has 0 saturated carbocycles. The SMILES string of the molecule is CCO[P+]1(CC)N=C(c2ccccc2)NN1C. The van der Waals surface area contributed by atoms with Crippen LogP contribution in [0.4, 0.5) is 0 Å². The summed E-state index contributed by atoms with van der Waals surface area (Å²) in [5, 5.41) is 0. The minimum atomic E-state index is -1.83. The first kappa shape index (κ1) is 12.5. The molecule has 4 nitrogen and oxygen atoms in total. The van der Waals surface area contributed by atoms with Gasteiger partial charge in [-0.1, -0.05) is 35.1 Å². The number of hydrogen-bond donors (Lipinski definition) is 1. The molecule has 0 bridgehead atoms. The summed E-state index contributed by atoms with van der Waals surface area (Å²) in [4.78, 5) is 0. The molecule has 0 amide bonds. The molecule has 92 valence electrons. The van der Waals surface area contributed by atoms with Crippen LogP contribution in [0.3, 0.4) is 0 Å². The van der Waals surface area contributed by atoms with Gasteiger partial charge in [0.05, 0.1) is 6.61 Å². The largest absolute Gasteiger partial charge is 0.354 e. The zero-order chi connectivity index (χ0) is 12.3. The molecule has 1 aliphatic heterocycles. The number of benzene rings is 1. The lowest BCUT2D eigenvalue weighted by molar-refractivity contribution is 0.316. The van der Waals surface area contributed by atoms with Crippen molar-refractivity contribution in [2.24, 2.45) is 4.76 Å². The van der Waals surface area contributed by atoms with Crippen LogP contribution in [0.2, 0.25) is 0 Å². The van der Waals surface area contributed by atoms with Gasteiger partial charge in [0.1, 0.15) is 6.16 Å². The summed E-state index contributed by atoms with van der Waals surface area (Å²) in [5.41, 5.74) is 4.41. The van der Waals surface area contributed by atoms with Gasteiger partial charge in [0.15, 0.2) is 5.84 Å². The van der Waals surface area contributed by atoms with E-state index in [0.717, 1.165) is 17.6 Å². The molecule has 1 heterocycles. The standard InChI is InChI=1S/C12H19N3OP/c1-4-16-17(5-2)14-12(13-15(17)3)11-9-7-6-8-10-11/h6-10H,4-5H2,1-3H3,(H,13,14)/q+1. The summed E-state index contributed by atoms with van der Waals surface area (Å²) in [7, 11) is 0.176. The van der Waals surface area contributed by atoms with Crippen molar-refractivity contribution in [2.45, 2.75) is 13.8 Å². The van der Waals surface area contributed by atoms with Gasteiger partial charge >= 0.3 is 7.79 Å². The summed E-state index contributed by atoms with van der Waals surface area (Å²) in [6.07, 6.45) is 0.917. The third-order valence-corrected chi connectivity index (χ3v) is 5.83. The van der Waals surface area contributed by atoms with Crippen LogP contribution in [0.5, 0.6) is 0 Å². The highest BCUT2D eigenvalue weighted by atomic mass is 31.2. The third kappa shape index (κ3) is 2.34. The molecular formula is C12H19N3OP+. The summed E-state index contributed by atoms with van der Waals surface area (Å²) >= 11 is 0. The average Bonchev–Trinajstić information content (AvgIpc) is 2.69. The van der Waals surface area contributed by atoms with Gasteiger partial charge < -0.3 is 0 Å². The Hall–Kier alpha value is -0.960. The minimum Gasteiger partial charge on any atom is -0.265 e. The van der Waals surface area contributed by atoms with Crippen molar-refractivity contribution in [1.29, 1.82) is 0 Å². The molecule has 17 heavy (non-hydrogen) atoms. The molecule has 0 saturated heterocycles. The molecule has 0 spiro atoms. The molecule has 1 aromatic rings. The fourth-order valence-corrected chi connectivity index (χ4v) is 4.14. The summed E-state index contributed by atoms with van der Waals surface area (Å²) in [6, 6.07) is 10.2. The second-order valence-electron chi connectivity index (χ2n) is 3.85. The highest BCUT2D eigenvalue weighted by Crippen LogP contribution is 2.65. The van der Waals surface area contributed by atoms with Gasteiger partial charge in [-0.05, 0) is 18.6 Å². The molecule has 1 atom stereocenters. The van der Waals surface area contributed by atoms with Crippen LogP contribution in [0.25, 0.3) is 0 Å². The van der Waals surface area contributed by atoms with Crippen molar-refractivity contribution in [3.05, 3.63) is 35.9 Å². The van der Waals surface area contributed by atoms with Gasteiger partial charge in [0.25, 0.3) is 0 Å². The zero-order valence-corrected chi connectivity index (χ0v) is 11.4. The smallest absolute Gasteiger partial charge is 0.265 e. The minimum absolute atomic E-state index is 0.694. The third-order valence-electron chi connectivity index (χ3n) is 2.79. The number of hydrazine groups is 1. The second-order valence-corrected chi connectivity index (χ2v) is 6.87. The molecular weight excluding hydrogens is 233 g/mol. The van der Waals surface area contributed by atoms with Gasteiger partial charge in [-0.25, -0.2) is 0 Å². The van der Waals surface area contributed by atoms with E-state index in [4.69, 9.17) is 9.29 Å². The van der Waals surface area contributed by atoms with E-state index < -0.39 is 7.79 Å². The van der Waals surface area contributed by atoms with E-state index >= 15 is 0 Å². The summed E-state index contributed by atoms with van der Waals surface area (Å²) in [5.74, 6) is 0.914.